The summed E-state index contributed by atoms with van der Waals surface area (Å²) in [5, 5.41) is 6.68. The Morgan fingerprint density at radius 3 is 2.67 bits per heavy atom. The highest BCUT2D eigenvalue weighted by Crippen LogP contribution is 2.36. The molecule has 6 heteroatoms. The Balaban J connectivity index is 2.14. The van der Waals surface area contributed by atoms with Gasteiger partial charge in [-0.2, -0.15) is 0 Å². The highest BCUT2D eigenvalue weighted by Gasteiger charge is 2.25. The van der Waals surface area contributed by atoms with E-state index >= 15 is 0 Å². The third-order valence-corrected chi connectivity index (χ3v) is 4.02. The third kappa shape index (κ3) is 3.80. The van der Waals surface area contributed by atoms with Gasteiger partial charge < -0.3 is 20.1 Å². The molecule has 1 aliphatic rings. The maximum atomic E-state index is 12.4. The highest BCUT2D eigenvalue weighted by atomic mass is 35.5. The first-order chi connectivity index (χ1) is 10.0. The van der Waals surface area contributed by atoms with E-state index in [4.69, 9.17) is 21.1 Å². The lowest BCUT2D eigenvalue weighted by Crippen LogP contribution is -2.40. The first kappa shape index (κ1) is 15.9. The molecule has 0 saturated carbocycles. The van der Waals surface area contributed by atoms with E-state index in [1.165, 1.54) is 7.11 Å². The van der Waals surface area contributed by atoms with E-state index in [1.54, 1.807) is 19.2 Å². The molecule has 0 bridgehead atoms. The molecule has 2 unspecified atom stereocenters. The van der Waals surface area contributed by atoms with E-state index in [0.29, 0.717) is 28.3 Å². The number of anilines is 1. The molecular weight excluding hydrogens is 292 g/mol. The van der Waals surface area contributed by atoms with Crippen molar-refractivity contribution in [1.29, 1.82) is 0 Å². The molecule has 1 heterocycles. The number of methoxy groups -OCH3 is 2. The molecule has 21 heavy (non-hydrogen) atoms. The fourth-order valence-corrected chi connectivity index (χ4v) is 2.80. The topological polar surface area (TPSA) is 59.6 Å². The van der Waals surface area contributed by atoms with Crippen molar-refractivity contribution < 1.29 is 14.3 Å². The van der Waals surface area contributed by atoms with Gasteiger partial charge in [0.05, 0.1) is 24.9 Å². The molecule has 0 aromatic heterocycles. The van der Waals surface area contributed by atoms with Crippen LogP contribution in [-0.2, 0) is 4.79 Å². The molecule has 1 saturated heterocycles. The van der Waals surface area contributed by atoms with Gasteiger partial charge in [-0.3, -0.25) is 4.79 Å². The van der Waals surface area contributed by atoms with Crippen LogP contribution in [0.15, 0.2) is 12.1 Å². The number of amides is 1. The summed E-state index contributed by atoms with van der Waals surface area (Å²) in [6.45, 7) is 2.95. The van der Waals surface area contributed by atoms with Crippen molar-refractivity contribution in [3.05, 3.63) is 17.2 Å². The molecule has 1 aromatic rings. The van der Waals surface area contributed by atoms with E-state index in [2.05, 4.69) is 17.6 Å². The third-order valence-electron chi connectivity index (χ3n) is 3.73. The number of piperidine rings is 1. The number of carbonyl (C=O) groups is 1. The Morgan fingerprint density at radius 1 is 1.33 bits per heavy atom. The fraction of sp³-hybridized carbons (Fsp3) is 0.533. The van der Waals surface area contributed by atoms with Crippen molar-refractivity contribution in [3.63, 3.8) is 0 Å². The van der Waals surface area contributed by atoms with E-state index in [1.807, 2.05) is 0 Å². The van der Waals surface area contributed by atoms with Crippen LogP contribution in [0, 0.1) is 5.92 Å². The predicted molar refractivity (Wildman–Crippen MR) is 83.4 cm³/mol. The highest BCUT2D eigenvalue weighted by molar-refractivity contribution is 6.32. The van der Waals surface area contributed by atoms with Gasteiger partial charge in [0.2, 0.25) is 5.91 Å². The van der Waals surface area contributed by atoms with Gasteiger partial charge in [0.1, 0.15) is 11.5 Å². The molecule has 2 atom stereocenters. The van der Waals surface area contributed by atoms with Crippen LogP contribution >= 0.6 is 11.6 Å². The molecule has 1 aliphatic heterocycles. The minimum absolute atomic E-state index is 0.00267. The number of benzene rings is 1. The van der Waals surface area contributed by atoms with Gasteiger partial charge in [-0.25, -0.2) is 0 Å². The molecule has 0 radical (unpaired) electrons. The van der Waals surface area contributed by atoms with Gasteiger partial charge in [0.15, 0.2) is 0 Å². The van der Waals surface area contributed by atoms with Crippen molar-refractivity contribution >= 4 is 23.2 Å². The monoisotopic (exact) mass is 312 g/mol. The maximum Gasteiger partial charge on any atom is 0.227 e. The smallest absolute Gasteiger partial charge is 0.227 e. The van der Waals surface area contributed by atoms with Crippen molar-refractivity contribution in [1.82, 2.24) is 5.32 Å². The second kappa shape index (κ2) is 7.00. The summed E-state index contributed by atoms with van der Waals surface area (Å²) in [6, 6.07) is 3.68. The molecule has 1 aromatic carbocycles. The van der Waals surface area contributed by atoms with Gasteiger partial charge in [-0.15, -0.1) is 0 Å². The van der Waals surface area contributed by atoms with E-state index in [9.17, 15) is 4.79 Å². The van der Waals surface area contributed by atoms with Gasteiger partial charge in [0.25, 0.3) is 0 Å². The summed E-state index contributed by atoms with van der Waals surface area (Å²) in [4.78, 5) is 12.4. The molecule has 0 aliphatic carbocycles. The van der Waals surface area contributed by atoms with Crippen LogP contribution in [-0.4, -0.2) is 32.7 Å². The average molecular weight is 313 g/mol. The number of nitrogens with one attached hydrogen (secondary N) is 2. The van der Waals surface area contributed by atoms with Crippen LogP contribution in [0.5, 0.6) is 11.5 Å². The summed E-state index contributed by atoms with van der Waals surface area (Å²) in [5.74, 6) is 1.06. The second-order valence-electron chi connectivity index (χ2n) is 5.25. The van der Waals surface area contributed by atoms with Crippen LogP contribution in [0.2, 0.25) is 5.02 Å². The van der Waals surface area contributed by atoms with E-state index < -0.39 is 0 Å². The largest absolute Gasteiger partial charge is 0.495 e. The average Bonchev–Trinajstić information content (AvgIpc) is 2.47. The Labute approximate surface area is 130 Å². The molecule has 2 N–H and O–H groups in total. The van der Waals surface area contributed by atoms with Crippen LogP contribution in [0.3, 0.4) is 0 Å². The zero-order chi connectivity index (χ0) is 15.4. The van der Waals surface area contributed by atoms with Gasteiger partial charge in [-0.1, -0.05) is 11.6 Å². The van der Waals surface area contributed by atoms with E-state index in [-0.39, 0.29) is 11.8 Å². The Bertz CT molecular complexity index is 522. The lowest BCUT2D eigenvalue weighted by atomic mass is 9.92. The van der Waals surface area contributed by atoms with Crippen LogP contribution in [0.1, 0.15) is 19.8 Å². The standard InChI is InChI=1S/C15H21ClN2O3/c1-9-6-10(4-5-17-9)15(19)18-12-7-11(16)13(20-2)8-14(12)21-3/h7-10,17H,4-6H2,1-3H3,(H,18,19). The van der Waals surface area contributed by atoms with Crippen molar-refractivity contribution in [3.8, 4) is 11.5 Å². The first-order valence-electron chi connectivity index (χ1n) is 7.01. The predicted octanol–water partition coefficient (Wildman–Crippen LogP) is 2.68. The molecular formula is C15H21ClN2O3. The fourth-order valence-electron chi connectivity index (χ4n) is 2.56. The quantitative estimate of drug-likeness (QED) is 0.897. The number of hydrogen-bond acceptors (Lipinski definition) is 4. The molecule has 2 rings (SSSR count). The van der Waals surface area contributed by atoms with Crippen molar-refractivity contribution in [2.75, 3.05) is 26.1 Å². The summed E-state index contributed by atoms with van der Waals surface area (Å²) < 4.78 is 10.4. The first-order valence-corrected chi connectivity index (χ1v) is 7.38. The number of hydrogen-bond donors (Lipinski definition) is 2. The molecule has 1 fully saturated rings. The minimum Gasteiger partial charge on any atom is -0.495 e. The van der Waals surface area contributed by atoms with Crippen LogP contribution in [0.4, 0.5) is 5.69 Å². The maximum absolute atomic E-state index is 12.4. The van der Waals surface area contributed by atoms with Crippen LogP contribution < -0.4 is 20.1 Å². The van der Waals surface area contributed by atoms with Gasteiger partial charge in [-0.05, 0) is 32.4 Å². The Kier molecular flexibility index (Phi) is 5.31. The zero-order valence-electron chi connectivity index (χ0n) is 12.5. The lowest BCUT2D eigenvalue weighted by molar-refractivity contribution is -0.120. The lowest BCUT2D eigenvalue weighted by Gasteiger charge is -2.27. The molecule has 0 spiro atoms. The normalized spacial score (nSPS) is 21.7. The molecule has 1 amide bonds. The van der Waals surface area contributed by atoms with E-state index in [0.717, 1.165) is 19.4 Å². The summed E-state index contributed by atoms with van der Waals surface area (Å²) in [5.41, 5.74) is 0.569. The summed E-state index contributed by atoms with van der Waals surface area (Å²) in [6.07, 6.45) is 1.67. The minimum atomic E-state index is 0.00267. The SMILES string of the molecule is COc1cc(OC)c(NC(=O)C2CCNC(C)C2)cc1Cl. The Morgan fingerprint density at radius 2 is 2.05 bits per heavy atom. The van der Waals surface area contributed by atoms with Crippen LogP contribution in [0.25, 0.3) is 0 Å². The number of ether oxygens (including phenoxy) is 2. The number of carbonyl (C=O) groups excluding carboxylic acids is 1. The van der Waals surface area contributed by atoms with Gasteiger partial charge >= 0.3 is 0 Å². The molecule has 5 nitrogen and oxygen atoms in total. The van der Waals surface area contributed by atoms with Gasteiger partial charge in [0, 0.05) is 18.0 Å². The van der Waals surface area contributed by atoms with Crippen molar-refractivity contribution in [2.24, 2.45) is 5.92 Å². The number of rotatable bonds is 4. The zero-order valence-corrected chi connectivity index (χ0v) is 13.3. The number of halogens is 1. The second-order valence-corrected chi connectivity index (χ2v) is 5.66. The van der Waals surface area contributed by atoms with Crippen molar-refractivity contribution in [2.45, 2.75) is 25.8 Å². The summed E-state index contributed by atoms with van der Waals surface area (Å²) >= 11 is 6.11. The molecule has 116 valence electrons. The Hall–Kier alpha value is -1.46. The summed E-state index contributed by atoms with van der Waals surface area (Å²) in [7, 11) is 3.08.